The molecule has 11 aromatic carbocycles. The average molecular weight is 912 g/mol. The van der Waals surface area contributed by atoms with Crippen molar-refractivity contribution >= 4 is 87.4 Å². The van der Waals surface area contributed by atoms with E-state index in [1.165, 1.54) is 69.8 Å². The minimum atomic E-state index is 1.05. The highest BCUT2D eigenvalue weighted by molar-refractivity contribution is 7.26. The van der Waals surface area contributed by atoms with Crippen molar-refractivity contribution in [3.05, 3.63) is 273 Å². The van der Waals surface area contributed by atoms with Gasteiger partial charge in [-0.25, -0.2) is 0 Å². The van der Waals surface area contributed by atoms with Gasteiger partial charge in [-0.3, -0.25) is 0 Å². The van der Waals surface area contributed by atoms with Crippen LogP contribution < -0.4 is 9.80 Å². The van der Waals surface area contributed by atoms with Gasteiger partial charge in [0.15, 0.2) is 0 Å². The molecule has 3 nitrogen and oxygen atoms in total. The summed E-state index contributed by atoms with van der Waals surface area (Å²) in [6, 6.07) is 99.1. The van der Waals surface area contributed by atoms with Crippen LogP contribution in [0, 0.1) is 0 Å². The van der Waals surface area contributed by atoms with E-state index in [0.717, 1.165) is 45.4 Å². The van der Waals surface area contributed by atoms with E-state index in [0.29, 0.717) is 0 Å². The molecule has 330 valence electrons. The van der Waals surface area contributed by atoms with Crippen LogP contribution in [0.25, 0.3) is 81.0 Å². The number of benzene rings is 11. The largest absolute Gasteiger partial charge is 0.310 e. The van der Waals surface area contributed by atoms with Gasteiger partial charge in [-0.15, -0.1) is 11.3 Å². The van der Waals surface area contributed by atoms with Crippen LogP contribution >= 0.6 is 11.3 Å². The molecule has 0 spiro atoms. The summed E-state index contributed by atoms with van der Waals surface area (Å²) < 4.78 is 5.00. The number of nitrogens with zero attached hydrogens (tertiary/aromatic N) is 3. The van der Waals surface area contributed by atoms with Crippen LogP contribution in [0.15, 0.2) is 273 Å². The zero-order valence-corrected chi connectivity index (χ0v) is 39.0. The third kappa shape index (κ3) is 7.21. The normalized spacial score (nSPS) is 11.4. The Morgan fingerprint density at radius 1 is 0.314 bits per heavy atom. The van der Waals surface area contributed by atoms with E-state index in [1.807, 2.05) is 11.3 Å². The summed E-state index contributed by atoms with van der Waals surface area (Å²) in [5.41, 5.74) is 17.1. The highest BCUT2D eigenvalue weighted by atomic mass is 32.1. The Labute approximate surface area is 411 Å². The summed E-state index contributed by atoms with van der Waals surface area (Å²) in [4.78, 5) is 4.83. The van der Waals surface area contributed by atoms with Crippen molar-refractivity contribution in [1.29, 1.82) is 0 Å². The predicted octanol–water partition coefficient (Wildman–Crippen LogP) is 19.1. The van der Waals surface area contributed by atoms with Gasteiger partial charge >= 0.3 is 0 Å². The van der Waals surface area contributed by atoms with Crippen molar-refractivity contribution in [2.45, 2.75) is 0 Å². The number of fused-ring (bicyclic) bond motifs is 7. The third-order valence-corrected chi connectivity index (χ3v) is 14.8. The maximum atomic E-state index is 2.48. The molecule has 2 heterocycles. The van der Waals surface area contributed by atoms with Crippen molar-refractivity contribution < 1.29 is 0 Å². The summed E-state index contributed by atoms with van der Waals surface area (Å²) in [5.74, 6) is 0. The monoisotopic (exact) mass is 911 g/mol. The average Bonchev–Trinajstić information content (AvgIpc) is 3.99. The van der Waals surface area contributed by atoms with Crippen molar-refractivity contribution in [1.82, 2.24) is 4.57 Å². The zero-order chi connectivity index (χ0) is 46.4. The van der Waals surface area contributed by atoms with Gasteiger partial charge in [0.25, 0.3) is 0 Å². The summed E-state index contributed by atoms with van der Waals surface area (Å²) in [6.07, 6.45) is 0. The molecule has 0 radical (unpaired) electrons. The minimum absolute atomic E-state index is 1.05. The Hall–Kier alpha value is -8.96. The Morgan fingerprint density at radius 3 is 1.39 bits per heavy atom. The van der Waals surface area contributed by atoms with Crippen LogP contribution in [-0.4, -0.2) is 4.57 Å². The van der Waals surface area contributed by atoms with Gasteiger partial charge in [0.1, 0.15) is 0 Å². The lowest BCUT2D eigenvalue weighted by Gasteiger charge is -2.31. The van der Waals surface area contributed by atoms with Crippen LogP contribution in [0.2, 0.25) is 0 Å². The highest BCUT2D eigenvalue weighted by Gasteiger charge is 2.26. The lowest BCUT2D eigenvalue weighted by atomic mass is 9.95. The molecule has 0 atom stereocenters. The molecule has 2 aromatic heterocycles. The van der Waals surface area contributed by atoms with E-state index in [1.54, 1.807) is 0 Å². The first-order valence-electron chi connectivity index (χ1n) is 23.8. The SMILES string of the molecule is c1ccc(-c2ccc(N(c3ccccc3)c3ccc(-c4cc5c6ccccc6n(-c6ccccc6)c5c5c4sc4ccccc45)c(N(c4ccccc4)c4ccc(-c5ccccc5)cc4)c3)cc2)cc1. The Morgan fingerprint density at radius 2 is 0.771 bits per heavy atom. The molecule has 0 saturated carbocycles. The molecule has 0 fully saturated rings. The van der Waals surface area contributed by atoms with E-state index < -0.39 is 0 Å². The molecule has 4 heteroatoms. The Kier molecular flexibility index (Phi) is 10.4. The summed E-state index contributed by atoms with van der Waals surface area (Å²) >= 11 is 1.88. The number of aromatic nitrogens is 1. The highest BCUT2D eigenvalue weighted by Crippen LogP contribution is 2.52. The molecule has 0 aliphatic carbocycles. The van der Waals surface area contributed by atoms with Gasteiger partial charge < -0.3 is 14.4 Å². The molecule has 13 rings (SSSR count). The van der Waals surface area contributed by atoms with Gasteiger partial charge in [0.05, 0.1) is 16.7 Å². The molecular weight excluding hydrogens is 867 g/mol. The lowest BCUT2D eigenvalue weighted by molar-refractivity contribution is 1.19. The molecule has 70 heavy (non-hydrogen) atoms. The predicted molar refractivity (Wildman–Crippen MR) is 299 cm³/mol. The van der Waals surface area contributed by atoms with Crippen LogP contribution in [0.1, 0.15) is 0 Å². The fraction of sp³-hybridized carbons (Fsp3) is 0. The molecule has 0 bridgehead atoms. The molecule has 13 aromatic rings. The van der Waals surface area contributed by atoms with E-state index in [-0.39, 0.29) is 0 Å². The molecule has 0 aliphatic rings. The van der Waals surface area contributed by atoms with Crippen molar-refractivity contribution in [2.75, 3.05) is 9.80 Å². The lowest BCUT2D eigenvalue weighted by Crippen LogP contribution is -2.14. The second-order valence-corrected chi connectivity index (χ2v) is 18.7. The molecular formula is C66H45N3S. The quantitative estimate of drug-likeness (QED) is 0.135. The Balaban J connectivity index is 1.11. The summed E-state index contributed by atoms with van der Waals surface area (Å²) in [7, 11) is 0. The first kappa shape index (κ1) is 41.2. The van der Waals surface area contributed by atoms with Gasteiger partial charge in [-0.1, -0.05) is 182 Å². The molecule has 0 amide bonds. The number of anilines is 6. The number of rotatable bonds is 10. The van der Waals surface area contributed by atoms with Crippen LogP contribution in [0.4, 0.5) is 34.1 Å². The Bertz CT molecular complexity index is 3960. The van der Waals surface area contributed by atoms with Crippen LogP contribution in [0.3, 0.4) is 0 Å². The standard InChI is InChI=1S/C66H45N3S/c1-6-20-46(21-7-1)48-34-38-53(39-35-48)67(50-24-10-3-11-25-50)55-42-43-57(62(44-55)68(51-26-12-4-13-27-51)54-40-36-49(37-41-54)47-22-8-2-9-23-47)60-45-59-56-30-16-18-32-61(56)69(52-28-14-5-15-29-52)65(59)64-58-31-17-19-33-63(58)70-66(60)64/h1-45H. The van der Waals surface area contributed by atoms with Gasteiger partial charge in [-0.05, 0) is 113 Å². The zero-order valence-electron chi connectivity index (χ0n) is 38.2. The van der Waals surface area contributed by atoms with E-state index in [2.05, 4.69) is 287 Å². The number of para-hydroxylation sites is 4. The minimum Gasteiger partial charge on any atom is -0.310 e. The molecule has 0 unspecified atom stereocenters. The van der Waals surface area contributed by atoms with E-state index in [9.17, 15) is 0 Å². The van der Waals surface area contributed by atoms with Crippen molar-refractivity contribution in [2.24, 2.45) is 0 Å². The smallest absolute Gasteiger partial charge is 0.0634 e. The summed E-state index contributed by atoms with van der Waals surface area (Å²) in [6.45, 7) is 0. The topological polar surface area (TPSA) is 11.4 Å². The molecule has 0 saturated heterocycles. The molecule has 0 N–H and O–H groups in total. The van der Waals surface area contributed by atoms with Gasteiger partial charge in [0.2, 0.25) is 0 Å². The second-order valence-electron chi connectivity index (χ2n) is 17.7. The van der Waals surface area contributed by atoms with Crippen LogP contribution in [0.5, 0.6) is 0 Å². The summed E-state index contributed by atoms with van der Waals surface area (Å²) in [5, 5.41) is 4.98. The van der Waals surface area contributed by atoms with Gasteiger partial charge in [-0.2, -0.15) is 0 Å². The van der Waals surface area contributed by atoms with Crippen molar-refractivity contribution in [3.8, 4) is 39.1 Å². The number of hydrogen-bond donors (Lipinski definition) is 0. The third-order valence-electron chi connectivity index (χ3n) is 13.6. The fourth-order valence-electron chi connectivity index (χ4n) is 10.4. The van der Waals surface area contributed by atoms with Gasteiger partial charge in [0, 0.05) is 76.2 Å². The molecule has 0 aliphatic heterocycles. The van der Waals surface area contributed by atoms with Crippen LogP contribution in [-0.2, 0) is 0 Å². The maximum absolute atomic E-state index is 2.48. The fourth-order valence-corrected chi connectivity index (χ4v) is 11.6. The first-order chi connectivity index (χ1) is 34.7. The first-order valence-corrected chi connectivity index (χ1v) is 24.7. The van der Waals surface area contributed by atoms with Crippen molar-refractivity contribution in [3.63, 3.8) is 0 Å². The maximum Gasteiger partial charge on any atom is 0.0634 e. The van der Waals surface area contributed by atoms with E-state index >= 15 is 0 Å². The number of thiophene rings is 1. The second kappa shape index (κ2) is 17.6. The van der Waals surface area contributed by atoms with E-state index in [4.69, 9.17) is 0 Å². The number of hydrogen-bond acceptors (Lipinski definition) is 3.